The van der Waals surface area contributed by atoms with E-state index < -0.39 is 10.0 Å². The first-order chi connectivity index (χ1) is 13.7. The van der Waals surface area contributed by atoms with Crippen LogP contribution in [0.1, 0.15) is 21.5 Å². The number of hydrogen-bond donors (Lipinski definition) is 1. The van der Waals surface area contributed by atoms with E-state index in [1.807, 2.05) is 31.2 Å². The van der Waals surface area contributed by atoms with Gasteiger partial charge in [0.15, 0.2) is 0 Å². The normalized spacial score (nSPS) is 11.2. The lowest BCUT2D eigenvalue weighted by Crippen LogP contribution is -2.27. The van der Waals surface area contributed by atoms with Crippen LogP contribution in [0.25, 0.3) is 0 Å². The number of benzene rings is 3. The lowest BCUT2D eigenvalue weighted by Gasteiger charge is -2.22. The lowest BCUT2D eigenvalue weighted by molar-refractivity contribution is 0.102. The van der Waals surface area contributed by atoms with Gasteiger partial charge in [-0.15, -0.1) is 0 Å². The molecule has 0 aliphatic carbocycles. The Morgan fingerprint density at radius 3 is 2.14 bits per heavy atom. The molecule has 3 aromatic rings. The highest BCUT2D eigenvalue weighted by Gasteiger charge is 2.23. The summed E-state index contributed by atoms with van der Waals surface area (Å²) in [4.78, 5) is 12.7. The number of halogens is 1. The second-order valence-electron chi connectivity index (χ2n) is 6.75. The van der Waals surface area contributed by atoms with Crippen LogP contribution in [0, 0.1) is 13.8 Å². The second kappa shape index (κ2) is 8.27. The first kappa shape index (κ1) is 20.9. The molecule has 0 aliphatic heterocycles. The number of amides is 1. The second-order valence-corrected chi connectivity index (χ2v) is 9.15. The van der Waals surface area contributed by atoms with Gasteiger partial charge in [-0.05, 0) is 74.0 Å². The molecule has 0 saturated heterocycles. The molecule has 0 bridgehead atoms. The van der Waals surface area contributed by atoms with Crippen molar-refractivity contribution < 1.29 is 13.2 Å². The zero-order chi connectivity index (χ0) is 21.2. The number of rotatable bonds is 5. The van der Waals surface area contributed by atoms with E-state index in [9.17, 15) is 13.2 Å². The van der Waals surface area contributed by atoms with Crippen molar-refractivity contribution in [3.05, 3.63) is 88.4 Å². The highest BCUT2D eigenvalue weighted by atomic mass is 35.5. The van der Waals surface area contributed by atoms with E-state index >= 15 is 0 Å². The Labute approximate surface area is 176 Å². The monoisotopic (exact) mass is 428 g/mol. The van der Waals surface area contributed by atoms with E-state index in [4.69, 9.17) is 11.6 Å². The van der Waals surface area contributed by atoms with Gasteiger partial charge in [-0.3, -0.25) is 9.10 Å². The van der Waals surface area contributed by atoms with Gasteiger partial charge in [0, 0.05) is 23.3 Å². The number of sulfonamides is 1. The van der Waals surface area contributed by atoms with Gasteiger partial charge < -0.3 is 5.32 Å². The first-order valence-corrected chi connectivity index (χ1v) is 10.7. The summed E-state index contributed by atoms with van der Waals surface area (Å²) in [6.45, 7) is 3.74. The van der Waals surface area contributed by atoms with Gasteiger partial charge in [0.05, 0.1) is 10.6 Å². The van der Waals surface area contributed by atoms with E-state index in [1.54, 1.807) is 25.1 Å². The Balaban J connectivity index is 1.83. The molecule has 0 aromatic heterocycles. The van der Waals surface area contributed by atoms with Crippen molar-refractivity contribution >= 4 is 38.9 Å². The van der Waals surface area contributed by atoms with Gasteiger partial charge in [-0.2, -0.15) is 0 Å². The van der Waals surface area contributed by atoms with E-state index in [-0.39, 0.29) is 10.8 Å². The molecule has 0 radical (unpaired) electrons. The fourth-order valence-corrected chi connectivity index (χ4v) is 4.27. The molecular formula is C22H21ClN2O3S. The minimum absolute atomic E-state index is 0.144. The third-order valence-corrected chi connectivity index (χ3v) is 6.62. The fourth-order valence-electron chi connectivity index (χ4n) is 2.88. The van der Waals surface area contributed by atoms with Crippen LogP contribution >= 0.6 is 11.6 Å². The molecule has 1 amide bonds. The number of carbonyl (C=O) groups is 1. The largest absolute Gasteiger partial charge is 0.322 e. The molecule has 7 heteroatoms. The molecule has 0 spiro atoms. The SMILES string of the molecule is Cc1ccc(NC(=O)c2ccc(N(C)S(=O)(=O)c3ccc(Cl)cc3)c(C)c2)cc1. The molecule has 150 valence electrons. The molecule has 0 saturated carbocycles. The zero-order valence-corrected chi connectivity index (χ0v) is 17.9. The summed E-state index contributed by atoms with van der Waals surface area (Å²) in [7, 11) is -2.26. The number of anilines is 2. The maximum atomic E-state index is 12.9. The molecule has 0 heterocycles. The van der Waals surface area contributed by atoms with Crippen LogP contribution in [0.5, 0.6) is 0 Å². The minimum atomic E-state index is -3.74. The van der Waals surface area contributed by atoms with Gasteiger partial charge in [-0.25, -0.2) is 8.42 Å². The van der Waals surface area contributed by atoms with Crippen LogP contribution < -0.4 is 9.62 Å². The Kier molecular flexibility index (Phi) is 5.96. The van der Waals surface area contributed by atoms with Crippen LogP contribution in [-0.4, -0.2) is 21.4 Å². The molecule has 5 nitrogen and oxygen atoms in total. The molecule has 1 N–H and O–H groups in total. The predicted molar refractivity (Wildman–Crippen MR) is 117 cm³/mol. The van der Waals surface area contributed by atoms with Crippen LogP contribution in [0.2, 0.25) is 5.02 Å². The number of carbonyl (C=O) groups excluding carboxylic acids is 1. The molecule has 0 atom stereocenters. The quantitative estimate of drug-likeness (QED) is 0.619. The number of aryl methyl sites for hydroxylation is 2. The van der Waals surface area contributed by atoms with Crippen LogP contribution in [0.3, 0.4) is 0 Å². The van der Waals surface area contributed by atoms with Crippen molar-refractivity contribution in [2.45, 2.75) is 18.7 Å². The van der Waals surface area contributed by atoms with Gasteiger partial charge in [0.25, 0.3) is 15.9 Å². The van der Waals surface area contributed by atoms with Crippen LogP contribution in [-0.2, 0) is 10.0 Å². The summed E-state index contributed by atoms with van der Waals surface area (Å²) in [5, 5.41) is 3.30. The van der Waals surface area contributed by atoms with E-state index in [1.165, 1.54) is 35.6 Å². The molecule has 3 aromatic carbocycles. The summed E-state index contributed by atoms with van der Waals surface area (Å²) in [6, 6.07) is 18.4. The highest BCUT2D eigenvalue weighted by molar-refractivity contribution is 7.92. The fraction of sp³-hybridized carbons (Fsp3) is 0.136. The van der Waals surface area contributed by atoms with Gasteiger partial charge in [0.1, 0.15) is 0 Å². The average Bonchev–Trinajstić information content (AvgIpc) is 2.69. The lowest BCUT2D eigenvalue weighted by atomic mass is 10.1. The zero-order valence-electron chi connectivity index (χ0n) is 16.3. The van der Waals surface area contributed by atoms with Crippen molar-refractivity contribution in [3.8, 4) is 0 Å². The molecule has 3 rings (SSSR count). The molecular weight excluding hydrogens is 408 g/mol. The average molecular weight is 429 g/mol. The molecule has 0 aliphatic rings. The number of nitrogens with zero attached hydrogens (tertiary/aromatic N) is 1. The summed E-state index contributed by atoms with van der Waals surface area (Å²) >= 11 is 5.85. The smallest absolute Gasteiger partial charge is 0.264 e. The Morgan fingerprint density at radius 1 is 0.931 bits per heavy atom. The Hall–Kier alpha value is -2.83. The van der Waals surface area contributed by atoms with Gasteiger partial charge in [-0.1, -0.05) is 29.3 Å². The maximum absolute atomic E-state index is 12.9. The summed E-state index contributed by atoms with van der Waals surface area (Å²) < 4.78 is 27.0. The summed E-state index contributed by atoms with van der Waals surface area (Å²) in [5.74, 6) is -0.258. The third kappa shape index (κ3) is 4.60. The molecule has 29 heavy (non-hydrogen) atoms. The predicted octanol–water partition coefficient (Wildman–Crippen LogP) is 5.03. The van der Waals surface area contributed by atoms with Gasteiger partial charge in [0.2, 0.25) is 0 Å². The van der Waals surface area contributed by atoms with E-state index in [0.717, 1.165) is 5.56 Å². The highest BCUT2D eigenvalue weighted by Crippen LogP contribution is 2.27. The topological polar surface area (TPSA) is 66.5 Å². The Morgan fingerprint density at radius 2 is 1.55 bits per heavy atom. The molecule has 0 unspecified atom stereocenters. The van der Waals surface area contributed by atoms with E-state index in [0.29, 0.717) is 27.5 Å². The Bertz CT molecular complexity index is 1140. The van der Waals surface area contributed by atoms with Crippen molar-refractivity contribution in [3.63, 3.8) is 0 Å². The number of hydrogen-bond acceptors (Lipinski definition) is 3. The van der Waals surface area contributed by atoms with Gasteiger partial charge >= 0.3 is 0 Å². The molecule has 0 fully saturated rings. The maximum Gasteiger partial charge on any atom is 0.264 e. The van der Waals surface area contributed by atoms with Crippen LogP contribution in [0.15, 0.2) is 71.6 Å². The summed E-state index contributed by atoms with van der Waals surface area (Å²) in [5.41, 5.74) is 3.41. The summed E-state index contributed by atoms with van der Waals surface area (Å²) in [6.07, 6.45) is 0. The van der Waals surface area contributed by atoms with Crippen molar-refractivity contribution in [1.29, 1.82) is 0 Å². The van der Waals surface area contributed by atoms with Crippen molar-refractivity contribution in [1.82, 2.24) is 0 Å². The van der Waals surface area contributed by atoms with E-state index in [2.05, 4.69) is 5.32 Å². The first-order valence-electron chi connectivity index (χ1n) is 8.91. The number of nitrogens with one attached hydrogen (secondary N) is 1. The van der Waals surface area contributed by atoms with Crippen LogP contribution in [0.4, 0.5) is 11.4 Å². The third-order valence-electron chi connectivity index (χ3n) is 4.58. The van der Waals surface area contributed by atoms with Crippen molar-refractivity contribution in [2.24, 2.45) is 0 Å². The minimum Gasteiger partial charge on any atom is -0.322 e. The standard InChI is InChI=1S/C22H21ClN2O3S/c1-15-4-9-19(10-5-15)24-22(26)17-6-13-21(16(2)14-17)25(3)29(27,28)20-11-7-18(23)8-12-20/h4-14H,1-3H3,(H,24,26). The van der Waals surface area contributed by atoms with Crippen molar-refractivity contribution in [2.75, 3.05) is 16.7 Å².